The topological polar surface area (TPSA) is 49.4 Å². The molecule has 0 aromatic heterocycles. The molecule has 0 saturated carbocycles. The number of fused-ring (bicyclic) bond motifs is 1. The van der Waals surface area contributed by atoms with Crippen LogP contribution in [-0.2, 0) is 22.9 Å². The van der Waals surface area contributed by atoms with Crippen LogP contribution < -0.4 is 4.72 Å². The molecule has 1 aliphatic carbocycles. The summed E-state index contributed by atoms with van der Waals surface area (Å²) in [5, 5.41) is 0. The molecular weight excluding hydrogens is 392 g/mol. The summed E-state index contributed by atoms with van der Waals surface area (Å²) in [4.78, 5) is 2.51. The first-order chi connectivity index (χ1) is 14.4. The average Bonchev–Trinajstić information content (AvgIpc) is 2.74. The molecule has 1 atom stereocenters. The zero-order valence-electron chi connectivity index (χ0n) is 17.5. The van der Waals surface area contributed by atoms with Gasteiger partial charge in [0.25, 0.3) is 10.0 Å². The normalized spacial score (nSPS) is 16.3. The van der Waals surface area contributed by atoms with E-state index in [1.54, 1.807) is 12.1 Å². The Kier molecular flexibility index (Phi) is 5.93. The van der Waals surface area contributed by atoms with Crippen LogP contribution in [0, 0.1) is 5.92 Å². The highest BCUT2D eigenvalue weighted by Crippen LogP contribution is 2.29. The van der Waals surface area contributed by atoms with E-state index in [1.165, 1.54) is 11.1 Å². The third kappa shape index (κ3) is 4.74. The van der Waals surface area contributed by atoms with E-state index < -0.39 is 10.0 Å². The van der Waals surface area contributed by atoms with E-state index in [0.717, 1.165) is 36.9 Å². The third-order valence-electron chi connectivity index (χ3n) is 5.68. The molecule has 0 aliphatic heterocycles. The van der Waals surface area contributed by atoms with Crippen molar-refractivity contribution in [1.82, 2.24) is 4.90 Å². The number of hydrogen-bond donors (Lipinski definition) is 1. The molecule has 1 N–H and O–H groups in total. The van der Waals surface area contributed by atoms with Crippen LogP contribution in [0.5, 0.6) is 0 Å². The maximum atomic E-state index is 12.9. The molecule has 0 saturated heterocycles. The molecule has 4 rings (SSSR count). The highest BCUT2D eigenvalue weighted by Gasteiger charge is 2.21. The number of nitrogens with zero attached hydrogens (tertiary/aromatic N) is 1. The van der Waals surface area contributed by atoms with E-state index in [2.05, 4.69) is 29.8 Å². The largest absolute Gasteiger partial charge is 0.309 e. The van der Waals surface area contributed by atoms with Crippen molar-refractivity contribution in [2.24, 2.45) is 5.92 Å². The Balaban J connectivity index is 1.49. The first-order valence-electron chi connectivity index (χ1n) is 10.4. The zero-order valence-corrected chi connectivity index (χ0v) is 18.3. The predicted molar refractivity (Wildman–Crippen MR) is 123 cm³/mol. The van der Waals surface area contributed by atoms with Gasteiger partial charge in [0.15, 0.2) is 0 Å². The van der Waals surface area contributed by atoms with E-state index in [-0.39, 0.29) is 4.90 Å². The fraction of sp³-hybridized carbons (Fsp3) is 0.280. The summed E-state index contributed by atoms with van der Waals surface area (Å²) in [5.74, 6) is 0.665. The standard InChI is InChI=1S/C25H28N2O2S/c1-27(2)18-19-8-9-23-17-24(13-10-22(23)16-19)26-30(28,29)25-14-11-21(12-15-25)20-6-4-3-5-7-20/h3-7,10-15,17,19,26H,8-9,16,18H2,1-2H3. The lowest BCUT2D eigenvalue weighted by Gasteiger charge is -2.27. The highest BCUT2D eigenvalue weighted by atomic mass is 32.2. The van der Waals surface area contributed by atoms with Gasteiger partial charge >= 0.3 is 0 Å². The summed E-state index contributed by atoms with van der Waals surface area (Å²) in [5.41, 5.74) is 5.28. The van der Waals surface area contributed by atoms with Crippen molar-refractivity contribution < 1.29 is 8.42 Å². The molecule has 0 bridgehead atoms. The maximum Gasteiger partial charge on any atom is 0.261 e. The van der Waals surface area contributed by atoms with Gasteiger partial charge in [-0.05, 0) is 85.8 Å². The highest BCUT2D eigenvalue weighted by molar-refractivity contribution is 7.92. The number of hydrogen-bond acceptors (Lipinski definition) is 3. The molecular formula is C25H28N2O2S. The lowest BCUT2D eigenvalue weighted by atomic mass is 9.83. The van der Waals surface area contributed by atoms with Crippen LogP contribution in [0.1, 0.15) is 17.5 Å². The number of rotatable bonds is 6. The quantitative estimate of drug-likeness (QED) is 0.622. The van der Waals surface area contributed by atoms with Crippen LogP contribution in [-0.4, -0.2) is 34.0 Å². The van der Waals surface area contributed by atoms with Crippen LogP contribution in [0.15, 0.2) is 77.7 Å². The van der Waals surface area contributed by atoms with E-state index >= 15 is 0 Å². The molecule has 1 unspecified atom stereocenters. The van der Waals surface area contributed by atoms with Crippen molar-refractivity contribution in [3.05, 3.63) is 83.9 Å². The SMILES string of the molecule is CN(C)CC1CCc2cc(NS(=O)(=O)c3ccc(-c4ccccc4)cc3)ccc2C1. The molecule has 3 aromatic rings. The minimum atomic E-state index is -3.62. The molecule has 4 nitrogen and oxygen atoms in total. The van der Waals surface area contributed by atoms with Crippen molar-refractivity contribution in [3.8, 4) is 11.1 Å². The Morgan fingerprint density at radius 1 is 0.900 bits per heavy atom. The van der Waals surface area contributed by atoms with Crippen LogP contribution in [0.4, 0.5) is 5.69 Å². The Hall–Kier alpha value is -2.63. The summed E-state index contributed by atoms with van der Waals surface area (Å²) < 4.78 is 28.5. The fourth-order valence-corrected chi connectivity index (χ4v) is 5.29. The van der Waals surface area contributed by atoms with Crippen molar-refractivity contribution >= 4 is 15.7 Å². The molecule has 3 aromatic carbocycles. The minimum Gasteiger partial charge on any atom is -0.309 e. The first-order valence-corrected chi connectivity index (χ1v) is 11.8. The van der Waals surface area contributed by atoms with Gasteiger partial charge in [0.2, 0.25) is 0 Å². The van der Waals surface area contributed by atoms with E-state index in [9.17, 15) is 8.42 Å². The average molecular weight is 421 g/mol. The Bertz CT molecular complexity index is 1110. The Morgan fingerprint density at radius 3 is 2.30 bits per heavy atom. The number of sulfonamides is 1. The van der Waals surface area contributed by atoms with Crippen molar-refractivity contribution in [3.63, 3.8) is 0 Å². The molecule has 5 heteroatoms. The van der Waals surface area contributed by atoms with Gasteiger partial charge in [-0.25, -0.2) is 8.42 Å². The summed E-state index contributed by atoms with van der Waals surface area (Å²) in [6, 6.07) is 22.9. The summed E-state index contributed by atoms with van der Waals surface area (Å²) in [7, 11) is 0.600. The molecule has 0 amide bonds. The predicted octanol–water partition coefficient (Wildman–Crippen LogP) is 4.82. The van der Waals surface area contributed by atoms with E-state index in [0.29, 0.717) is 11.6 Å². The number of anilines is 1. The summed E-state index contributed by atoms with van der Waals surface area (Å²) in [6.07, 6.45) is 3.19. The lowest BCUT2D eigenvalue weighted by Crippen LogP contribution is -2.26. The van der Waals surface area contributed by atoms with Gasteiger partial charge in [0.05, 0.1) is 4.90 Å². The van der Waals surface area contributed by atoms with Gasteiger partial charge in [-0.2, -0.15) is 0 Å². The number of aryl methyl sites for hydroxylation is 1. The molecule has 0 fully saturated rings. The second-order valence-electron chi connectivity index (χ2n) is 8.35. The zero-order chi connectivity index (χ0) is 21.1. The third-order valence-corrected chi connectivity index (χ3v) is 7.08. The van der Waals surface area contributed by atoms with Gasteiger partial charge in [0, 0.05) is 12.2 Å². The Morgan fingerprint density at radius 2 is 1.60 bits per heavy atom. The van der Waals surface area contributed by atoms with Crippen molar-refractivity contribution in [2.75, 3.05) is 25.4 Å². The van der Waals surface area contributed by atoms with E-state index in [1.807, 2.05) is 54.6 Å². The fourth-order valence-electron chi connectivity index (χ4n) is 4.24. The van der Waals surface area contributed by atoms with E-state index in [4.69, 9.17) is 0 Å². The molecule has 0 spiro atoms. The molecule has 156 valence electrons. The Labute approximate surface area is 179 Å². The van der Waals surface area contributed by atoms with Crippen LogP contribution >= 0.6 is 0 Å². The van der Waals surface area contributed by atoms with Crippen molar-refractivity contribution in [2.45, 2.75) is 24.2 Å². The van der Waals surface area contributed by atoms with Gasteiger partial charge in [-0.1, -0.05) is 48.5 Å². The summed E-state index contributed by atoms with van der Waals surface area (Å²) in [6.45, 7) is 1.09. The molecule has 1 aliphatic rings. The minimum absolute atomic E-state index is 0.269. The molecule has 0 radical (unpaired) electrons. The summed E-state index contributed by atoms with van der Waals surface area (Å²) >= 11 is 0. The van der Waals surface area contributed by atoms with Gasteiger partial charge in [0.1, 0.15) is 0 Å². The lowest BCUT2D eigenvalue weighted by molar-refractivity contribution is 0.303. The second-order valence-corrected chi connectivity index (χ2v) is 10.0. The number of benzene rings is 3. The van der Waals surface area contributed by atoms with Crippen LogP contribution in [0.2, 0.25) is 0 Å². The smallest absolute Gasteiger partial charge is 0.261 e. The first kappa shape index (κ1) is 20.6. The molecule has 0 heterocycles. The van der Waals surface area contributed by atoms with Crippen LogP contribution in [0.3, 0.4) is 0 Å². The maximum absolute atomic E-state index is 12.9. The monoisotopic (exact) mass is 420 g/mol. The van der Waals surface area contributed by atoms with Crippen molar-refractivity contribution in [1.29, 1.82) is 0 Å². The molecule has 30 heavy (non-hydrogen) atoms. The van der Waals surface area contributed by atoms with Gasteiger partial charge in [-0.3, -0.25) is 4.72 Å². The number of nitrogens with one attached hydrogen (secondary N) is 1. The van der Waals surface area contributed by atoms with Crippen LogP contribution in [0.25, 0.3) is 11.1 Å². The second kappa shape index (κ2) is 8.62. The van der Waals surface area contributed by atoms with Gasteiger partial charge in [-0.15, -0.1) is 0 Å². The van der Waals surface area contributed by atoms with Gasteiger partial charge < -0.3 is 4.90 Å².